The fourth-order valence-corrected chi connectivity index (χ4v) is 3.14. The SMILES string of the molecule is O=CNC(CCCN1CCCCC1)C(=O)NC1CC(F)(F)C1. The van der Waals surface area contributed by atoms with E-state index >= 15 is 0 Å². The average molecular weight is 317 g/mol. The number of halogens is 2. The molecule has 2 N–H and O–H groups in total. The summed E-state index contributed by atoms with van der Waals surface area (Å²) in [4.78, 5) is 25.0. The van der Waals surface area contributed by atoms with Crippen molar-refractivity contribution in [2.75, 3.05) is 19.6 Å². The Kier molecular flexibility index (Phi) is 6.11. The highest BCUT2D eigenvalue weighted by molar-refractivity contribution is 5.83. The summed E-state index contributed by atoms with van der Waals surface area (Å²) in [5.41, 5.74) is 0. The molecule has 0 aromatic carbocycles. The Morgan fingerprint density at radius 2 is 1.95 bits per heavy atom. The molecule has 2 aliphatic rings. The minimum absolute atomic E-state index is 0.305. The van der Waals surface area contributed by atoms with Crippen molar-refractivity contribution in [3.05, 3.63) is 0 Å². The molecule has 1 heterocycles. The summed E-state index contributed by atoms with van der Waals surface area (Å²) in [7, 11) is 0. The Labute approximate surface area is 129 Å². The Bertz CT molecular complexity index is 379. The lowest BCUT2D eigenvalue weighted by molar-refractivity contribution is -0.132. The van der Waals surface area contributed by atoms with Crippen LogP contribution in [0.2, 0.25) is 0 Å². The number of likely N-dealkylation sites (tertiary alicyclic amines) is 1. The van der Waals surface area contributed by atoms with Gasteiger partial charge < -0.3 is 15.5 Å². The number of hydrogen-bond donors (Lipinski definition) is 2. The molecule has 1 saturated carbocycles. The van der Waals surface area contributed by atoms with Crippen molar-refractivity contribution in [3.63, 3.8) is 0 Å². The molecule has 1 atom stereocenters. The van der Waals surface area contributed by atoms with Crippen molar-refractivity contribution >= 4 is 12.3 Å². The number of hydrogen-bond acceptors (Lipinski definition) is 3. The van der Waals surface area contributed by atoms with E-state index in [0.29, 0.717) is 12.8 Å². The summed E-state index contributed by atoms with van der Waals surface area (Å²) in [6.45, 7) is 3.09. The molecule has 2 fully saturated rings. The standard InChI is InChI=1S/C15H25F2N3O2/c16-15(17)9-12(10-15)19-14(22)13(18-11-21)5-4-8-20-6-2-1-3-7-20/h11-13H,1-10H2,(H,18,21)(H,19,22). The monoisotopic (exact) mass is 317 g/mol. The number of carbonyl (C=O) groups excluding carboxylic acids is 2. The zero-order chi connectivity index (χ0) is 16.0. The van der Waals surface area contributed by atoms with Gasteiger partial charge >= 0.3 is 0 Å². The summed E-state index contributed by atoms with van der Waals surface area (Å²) in [5.74, 6) is -3.01. The fourth-order valence-electron chi connectivity index (χ4n) is 3.14. The number of nitrogens with one attached hydrogen (secondary N) is 2. The second kappa shape index (κ2) is 7.85. The van der Waals surface area contributed by atoms with Gasteiger partial charge in [-0.05, 0) is 45.3 Å². The molecule has 0 radical (unpaired) electrons. The van der Waals surface area contributed by atoms with Crippen molar-refractivity contribution in [2.24, 2.45) is 0 Å². The van der Waals surface area contributed by atoms with Crippen LogP contribution in [0.4, 0.5) is 8.78 Å². The molecular weight excluding hydrogens is 292 g/mol. The van der Waals surface area contributed by atoms with Crippen LogP contribution in [0.15, 0.2) is 0 Å². The third-order valence-corrected chi connectivity index (χ3v) is 4.44. The first-order chi connectivity index (χ1) is 10.5. The van der Waals surface area contributed by atoms with E-state index in [0.717, 1.165) is 26.1 Å². The smallest absolute Gasteiger partial charge is 0.252 e. The van der Waals surface area contributed by atoms with Gasteiger partial charge in [-0.15, -0.1) is 0 Å². The van der Waals surface area contributed by atoms with Crippen LogP contribution < -0.4 is 10.6 Å². The van der Waals surface area contributed by atoms with Gasteiger partial charge in [0.15, 0.2) is 0 Å². The highest BCUT2D eigenvalue weighted by atomic mass is 19.3. The van der Waals surface area contributed by atoms with Crippen molar-refractivity contribution in [2.45, 2.75) is 63.0 Å². The van der Waals surface area contributed by atoms with Crippen LogP contribution >= 0.6 is 0 Å². The molecule has 1 unspecified atom stereocenters. The molecule has 0 bridgehead atoms. The fraction of sp³-hybridized carbons (Fsp3) is 0.867. The molecule has 1 aliphatic carbocycles. The average Bonchev–Trinajstić information content (AvgIpc) is 2.45. The molecule has 2 amide bonds. The highest BCUT2D eigenvalue weighted by Crippen LogP contribution is 2.37. The topological polar surface area (TPSA) is 61.4 Å². The van der Waals surface area contributed by atoms with Crippen LogP contribution in [0, 0.1) is 0 Å². The molecule has 126 valence electrons. The van der Waals surface area contributed by atoms with Gasteiger partial charge in [0.25, 0.3) is 5.92 Å². The lowest BCUT2D eigenvalue weighted by Crippen LogP contribution is -2.55. The summed E-state index contributed by atoms with van der Waals surface area (Å²) in [5, 5.41) is 5.09. The quantitative estimate of drug-likeness (QED) is 0.663. The largest absolute Gasteiger partial charge is 0.351 e. The van der Waals surface area contributed by atoms with E-state index in [1.165, 1.54) is 19.3 Å². The maximum Gasteiger partial charge on any atom is 0.252 e. The van der Waals surface area contributed by atoms with Crippen LogP contribution in [0.1, 0.15) is 44.9 Å². The number of rotatable bonds is 8. The molecule has 2 rings (SSSR count). The molecule has 5 nitrogen and oxygen atoms in total. The van der Waals surface area contributed by atoms with E-state index in [1.54, 1.807) is 0 Å². The molecule has 22 heavy (non-hydrogen) atoms. The van der Waals surface area contributed by atoms with Gasteiger partial charge in [-0.2, -0.15) is 0 Å². The number of amides is 2. The zero-order valence-electron chi connectivity index (χ0n) is 12.8. The van der Waals surface area contributed by atoms with Crippen molar-refractivity contribution in [3.8, 4) is 0 Å². The Hall–Kier alpha value is -1.24. The van der Waals surface area contributed by atoms with Gasteiger partial charge in [0.05, 0.1) is 0 Å². The normalized spacial score (nSPS) is 23.4. The second-order valence-corrected chi connectivity index (χ2v) is 6.35. The first-order valence-corrected chi connectivity index (χ1v) is 8.10. The lowest BCUT2D eigenvalue weighted by atomic mass is 9.88. The summed E-state index contributed by atoms with van der Waals surface area (Å²) < 4.78 is 25.5. The summed E-state index contributed by atoms with van der Waals surface area (Å²) >= 11 is 0. The van der Waals surface area contributed by atoms with E-state index in [2.05, 4.69) is 15.5 Å². The van der Waals surface area contributed by atoms with Crippen LogP contribution in [0.25, 0.3) is 0 Å². The Morgan fingerprint density at radius 1 is 1.27 bits per heavy atom. The van der Waals surface area contributed by atoms with E-state index in [-0.39, 0.29) is 18.7 Å². The maximum absolute atomic E-state index is 12.8. The van der Waals surface area contributed by atoms with E-state index in [9.17, 15) is 18.4 Å². The molecule has 0 aromatic heterocycles. The van der Waals surface area contributed by atoms with Crippen molar-refractivity contribution < 1.29 is 18.4 Å². The predicted octanol–water partition coefficient (Wildman–Crippen LogP) is 1.28. The van der Waals surface area contributed by atoms with Gasteiger partial charge in [0, 0.05) is 18.9 Å². The van der Waals surface area contributed by atoms with Gasteiger partial charge in [-0.25, -0.2) is 8.78 Å². The first kappa shape index (κ1) is 17.1. The van der Waals surface area contributed by atoms with E-state index in [1.807, 2.05) is 0 Å². The van der Waals surface area contributed by atoms with Gasteiger partial charge in [-0.1, -0.05) is 6.42 Å². The lowest BCUT2D eigenvalue weighted by Gasteiger charge is -2.36. The number of piperidine rings is 1. The molecule has 0 spiro atoms. The zero-order valence-corrected chi connectivity index (χ0v) is 12.8. The van der Waals surface area contributed by atoms with Crippen LogP contribution in [-0.4, -0.2) is 54.9 Å². The minimum atomic E-state index is -2.65. The number of alkyl halides is 2. The van der Waals surface area contributed by atoms with E-state index < -0.39 is 18.0 Å². The molecular formula is C15H25F2N3O2. The third kappa shape index (κ3) is 5.19. The highest BCUT2D eigenvalue weighted by Gasteiger charge is 2.46. The first-order valence-electron chi connectivity index (χ1n) is 8.10. The third-order valence-electron chi connectivity index (χ3n) is 4.44. The van der Waals surface area contributed by atoms with Crippen LogP contribution in [-0.2, 0) is 9.59 Å². The number of nitrogens with zero attached hydrogens (tertiary/aromatic N) is 1. The van der Waals surface area contributed by atoms with Crippen LogP contribution in [0.3, 0.4) is 0 Å². The Morgan fingerprint density at radius 3 is 2.55 bits per heavy atom. The molecule has 7 heteroatoms. The molecule has 0 aromatic rings. The molecule has 1 aliphatic heterocycles. The number of carbonyl (C=O) groups is 2. The van der Waals surface area contributed by atoms with E-state index in [4.69, 9.17) is 0 Å². The summed E-state index contributed by atoms with van der Waals surface area (Å²) in [6, 6.07) is -1.10. The van der Waals surface area contributed by atoms with Crippen LogP contribution in [0.5, 0.6) is 0 Å². The van der Waals surface area contributed by atoms with Gasteiger partial charge in [0.1, 0.15) is 6.04 Å². The minimum Gasteiger partial charge on any atom is -0.351 e. The summed E-state index contributed by atoms with van der Waals surface area (Å²) in [6.07, 6.45) is 4.93. The van der Waals surface area contributed by atoms with Crippen molar-refractivity contribution in [1.82, 2.24) is 15.5 Å². The molecule has 1 saturated heterocycles. The van der Waals surface area contributed by atoms with Gasteiger partial charge in [-0.3, -0.25) is 9.59 Å². The maximum atomic E-state index is 12.8. The Balaban J connectivity index is 1.69. The second-order valence-electron chi connectivity index (χ2n) is 6.35. The van der Waals surface area contributed by atoms with Gasteiger partial charge in [0.2, 0.25) is 12.3 Å². The predicted molar refractivity (Wildman–Crippen MR) is 78.6 cm³/mol. The van der Waals surface area contributed by atoms with Crippen molar-refractivity contribution in [1.29, 1.82) is 0 Å².